The van der Waals surface area contributed by atoms with Crippen LogP contribution in [-0.2, 0) is 11.3 Å². The lowest BCUT2D eigenvalue weighted by molar-refractivity contribution is -0.128. The topological polar surface area (TPSA) is 20.3 Å². The molecule has 1 fully saturated rings. The molecular weight excluding hydrogens is 300 g/mol. The molecule has 1 aliphatic rings. The molecule has 104 valence electrons. The van der Waals surface area contributed by atoms with Gasteiger partial charge in [0.05, 0.1) is 12.3 Å². The molecule has 2 nitrogen and oxygen atoms in total. The van der Waals surface area contributed by atoms with Gasteiger partial charge >= 0.3 is 0 Å². The Morgan fingerprint density at radius 1 is 1.30 bits per heavy atom. The zero-order valence-electron chi connectivity index (χ0n) is 10.4. The maximum absolute atomic E-state index is 13.7. The zero-order chi connectivity index (χ0) is 14.1. The van der Waals surface area contributed by atoms with Crippen molar-refractivity contribution in [2.24, 2.45) is 0 Å². The minimum atomic E-state index is -0.881. The number of rotatable bonds is 3. The smallest absolute Gasteiger partial charge is 0.234 e. The van der Waals surface area contributed by atoms with Gasteiger partial charge in [-0.05, 0) is 28.5 Å². The van der Waals surface area contributed by atoms with Crippen molar-refractivity contribution in [3.05, 3.63) is 57.8 Å². The van der Waals surface area contributed by atoms with E-state index in [0.29, 0.717) is 5.75 Å². The molecule has 3 rings (SSSR count). The molecule has 0 bridgehead atoms. The van der Waals surface area contributed by atoms with E-state index in [0.717, 1.165) is 11.6 Å². The van der Waals surface area contributed by atoms with Crippen molar-refractivity contribution in [3.8, 4) is 0 Å². The van der Waals surface area contributed by atoms with Crippen LogP contribution in [-0.4, -0.2) is 16.6 Å². The van der Waals surface area contributed by atoms with Gasteiger partial charge in [-0.2, -0.15) is 11.3 Å². The van der Waals surface area contributed by atoms with Crippen LogP contribution in [0, 0.1) is 11.6 Å². The zero-order valence-corrected chi connectivity index (χ0v) is 12.0. The molecular formula is C14H11F2NOS2. The Hall–Kier alpha value is -1.40. The minimum absolute atomic E-state index is 0.0464. The predicted octanol–water partition coefficient (Wildman–Crippen LogP) is 3.80. The normalized spacial score (nSPS) is 18.8. The van der Waals surface area contributed by atoms with Gasteiger partial charge in [-0.1, -0.05) is 12.1 Å². The van der Waals surface area contributed by atoms with Gasteiger partial charge in [-0.3, -0.25) is 4.79 Å². The first-order valence-electron chi connectivity index (χ1n) is 6.03. The molecule has 1 unspecified atom stereocenters. The molecule has 0 N–H and O–H groups in total. The summed E-state index contributed by atoms with van der Waals surface area (Å²) >= 11 is 3.07. The van der Waals surface area contributed by atoms with Crippen LogP contribution in [0.25, 0.3) is 0 Å². The minimum Gasteiger partial charge on any atom is -0.321 e. The van der Waals surface area contributed by atoms with E-state index in [-0.39, 0.29) is 23.4 Å². The number of benzene rings is 1. The summed E-state index contributed by atoms with van der Waals surface area (Å²) in [4.78, 5) is 13.6. The van der Waals surface area contributed by atoms with Gasteiger partial charge in [0.2, 0.25) is 5.91 Å². The van der Waals surface area contributed by atoms with Crippen LogP contribution in [0.4, 0.5) is 8.78 Å². The largest absolute Gasteiger partial charge is 0.321 e. The molecule has 2 aromatic rings. The third-order valence-electron chi connectivity index (χ3n) is 3.17. The second-order valence-electron chi connectivity index (χ2n) is 4.45. The van der Waals surface area contributed by atoms with Crippen LogP contribution in [0.15, 0.2) is 35.0 Å². The molecule has 20 heavy (non-hydrogen) atoms. The molecule has 0 aliphatic carbocycles. The molecule has 0 spiro atoms. The molecule has 1 atom stereocenters. The molecule has 1 aromatic carbocycles. The number of hydrogen-bond donors (Lipinski definition) is 0. The van der Waals surface area contributed by atoms with E-state index < -0.39 is 11.6 Å². The highest BCUT2D eigenvalue weighted by atomic mass is 32.2. The van der Waals surface area contributed by atoms with E-state index in [9.17, 15) is 13.6 Å². The average Bonchev–Trinajstić information content (AvgIpc) is 3.06. The van der Waals surface area contributed by atoms with Gasteiger partial charge in [0.25, 0.3) is 0 Å². The van der Waals surface area contributed by atoms with Crippen molar-refractivity contribution in [2.75, 3.05) is 5.75 Å². The highest BCUT2D eigenvalue weighted by molar-refractivity contribution is 8.00. The van der Waals surface area contributed by atoms with Gasteiger partial charge < -0.3 is 4.90 Å². The lowest BCUT2D eigenvalue weighted by Gasteiger charge is -2.23. The number of amides is 1. The Bertz CT molecular complexity index is 630. The fraction of sp³-hybridized carbons (Fsp3) is 0.214. The summed E-state index contributed by atoms with van der Waals surface area (Å²) in [7, 11) is 0. The third kappa shape index (κ3) is 2.45. The SMILES string of the molecule is O=C1CSC(c2ccsc2)N1Cc1cccc(F)c1F. The van der Waals surface area contributed by atoms with Gasteiger partial charge in [0.1, 0.15) is 5.37 Å². The molecule has 1 saturated heterocycles. The lowest BCUT2D eigenvalue weighted by atomic mass is 10.1. The second-order valence-corrected chi connectivity index (χ2v) is 6.30. The molecule has 0 radical (unpaired) electrons. The summed E-state index contributed by atoms with van der Waals surface area (Å²) in [5.74, 6) is -1.43. The van der Waals surface area contributed by atoms with Crippen LogP contribution in [0.3, 0.4) is 0 Å². The summed E-state index contributed by atoms with van der Waals surface area (Å²) in [6, 6.07) is 6.01. The summed E-state index contributed by atoms with van der Waals surface area (Å²) in [5, 5.41) is 3.81. The molecule has 0 saturated carbocycles. The van der Waals surface area contributed by atoms with Crippen molar-refractivity contribution in [1.29, 1.82) is 0 Å². The van der Waals surface area contributed by atoms with Gasteiger partial charge in [-0.15, -0.1) is 11.8 Å². The van der Waals surface area contributed by atoms with Crippen LogP contribution in [0.2, 0.25) is 0 Å². The van der Waals surface area contributed by atoms with Crippen molar-refractivity contribution in [1.82, 2.24) is 4.90 Å². The molecule has 6 heteroatoms. The quantitative estimate of drug-likeness (QED) is 0.859. The van der Waals surface area contributed by atoms with E-state index in [1.165, 1.54) is 23.9 Å². The first-order valence-corrected chi connectivity index (χ1v) is 8.02. The highest BCUT2D eigenvalue weighted by Crippen LogP contribution is 2.40. The highest BCUT2D eigenvalue weighted by Gasteiger charge is 2.33. The molecule has 2 heterocycles. The number of thiophene rings is 1. The molecule has 1 aromatic heterocycles. The summed E-state index contributed by atoms with van der Waals surface area (Å²) in [5.41, 5.74) is 1.24. The van der Waals surface area contributed by atoms with E-state index in [1.807, 2.05) is 16.8 Å². The summed E-state index contributed by atoms with van der Waals surface area (Å²) in [6.45, 7) is 0.0932. The van der Waals surface area contributed by atoms with Crippen molar-refractivity contribution >= 4 is 29.0 Å². The monoisotopic (exact) mass is 311 g/mol. The summed E-state index contributed by atoms with van der Waals surface area (Å²) < 4.78 is 27.0. The van der Waals surface area contributed by atoms with Gasteiger partial charge in [0, 0.05) is 5.56 Å². The fourth-order valence-electron chi connectivity index (χ4n) is 2.17. The number of carbonyl (C=O) groups excluding carboxylic acids is 1. The number of halogens is 2. The maximum atomic E-state index is 13.7. The van der Waals surface area contributed by atoms with Gasteiger partial charge in [-0.25, -0.2) is 8.78 Å². The van der Waals surface area contributed by atoms with Crippen LogP contribution in [0.5, 0.6) is 0 Å². The van der Waals surface area contributed by atoms with Crippen molar-refractivity contribution < 1.29 is 13.6 Å². The number of nitrogens with zero attached hydrogens (tertiary/aromatic N) is 1. The third-order valence-corrected chi connectivity index (χ3v) is 5.13. The number of carbonyl (C=O) groups is 1. The standard InChI is InChI=1S/C14H11F2NOS2/c15-11-3-1-2-9(13(11)16)6-17-12(18)8-20-14(17)10-4-5-19-7-10/h1-5,7,14H,6,8H2. The van der Waals surface area contributed by atoms with Crippen molar-refractivity contribution in [3.63, 3.8) is 0 Å². The first kappa shape index (κ1) is 13.6. The Morgan fingerprint density at radius 3 is 2.90 bits per heavy atom. The Morgan fingerprint density at radius 2 is 2.15 bits per heavy atom. The Kier molecular flexibility index (Phi) is 3.76. The average molecular weight is 311 g/mol. The summed E-state index contributed by atoms with van der Waals surface area (Å²) in [6.07, 6.45) is 0. The van der Waals surface area contributed by atoms with Gasteiger partial charge in [0.15, 0.2) is 11.6 Å². The molecule has 1 aliphatic heterocycles. The van der Waals surface area contributed by atoms with E-state index in [4.69, 9.17) is 0 Å². The molecule has 1 amide bonds. The van der Waals surface area contributed by atoms with Crippen LogP contribution >= 0.6 is 23.1 Å². The van der Waals surface area contributed by atoms with E-state index >= 15 is 0 Å². The number of hydrogen-bond acceptors (Lipinski definition) is 3. The number of thioether (sulfide) groups is 1. The predicted molar refractivity (Wildman–Crippen MR) is 76.4 cm³/mol. The Labute approximate surface area is 123 Å². The lowest BCUT2D eigenvalue weighted by Crippen LogP contribution is -2.28. The van der Waals surface area contributed by atoms with Crippen molar-refractivity contribution in [2.45, 2.75) is 11.9 Å². The first-order chi connectivity index (χ1) is 9.66. The van der Waals surface area contributed by atoms with Crippen LogP contribution in [0.1, 0.15) is 16.5 Å². The van der Waals surface area contributed by atoms with E-state index in [2.05, 4.69) is 0 Å². The Balaban J connectivity index is 1.88. The fourth-order valence-corrected chi connectivity index (χ4v) is 4.11. The van der Waals surface area contributed by atoms with E-state index in [1.54, 1.807) is 16.2 Å². The second kappa shape index (κ2) is 5.54. The van der Waals surface area contributed by atoms with Crippen LogP contribution < -0.4 is 0 Å². The maximum Gasteiger partial charge on any atom is 0.234 e.